The fraction of sp³-hybridized carbons (Fsp3) is 0.526. The van der Waals surface area contributed by atoms with E-state index in [1.165, 1.54) is 7.11 Å². The summed E-state index contributed by atoms with van der Waals surface area (Å²) in [5.41, 5.74) is -0.0924. The molecule has 1 aromatic carbocycles. The van der Waals surface area contributed by atoms with Crippen LogP contribution in [0.25, 0.3) is 0 Å². The van der Waals surface area contributed by atoms with Gasteiger partial charge in [-0.1, -0.05) is 0 Å². The summed E-state index contributed by atoms with van der Waals surface area (Å²) in [6.07, 6.45) is 3.14. The van der Waals surface area contributed by atoms with E-state index in [1.807, 2.05) is 0 Å². The Morgan fingerprint density at radius 3 is 2.46 bits per heavy atom. The van der Waals surface area contributed by atoms with Crippen LogP contribution in [-0.2, 0) is 9.53 Å². The van der Waals surface area contributed by atoms with Gasteiger partial charge in [0.05, 0.1) is 6.61 Å². The predicted molar refractivity (Wildman–Crippen MR) is 94.0 cm³/mol. The lowest BCUT2D eigenvalue weighted by Crippen LogP contribution is -2.52. The Balaban J connectivity index is 1.69. The summed E-state index contributed by atoms with van der Waals surface area (Å²) in [5.74, 6) is -1.29. The normalized spacial score (nSPS) is 22.7. The van der Waals surface area contributed by atoms with Crippen molar-refractivity contribution in [2.24, 2.45) is 5.41 Å². The smallest absolute Gasteiger partial charge is 0.313 e. The third-order valence-electron chi connectivity index (χ3n) is 5.05. The van der Waals surface area contributed by atoms with Crippen molar-refractivity contribution in [3.63, 3.8) is 0 Å². The van der Waals surface area contributed by atoms with Crippen LogP contribution in [0.3, 0.4) is 0 Å². The lowest BCUT2D eigenvalue weighted by molar-refractivity contribution is -0.155. The molecule has 1 aliphatic carbocycles. The monoisotopic (exact) mass is 360 g/mol. The van der Waals surface area contributed by atoms with Crippen molar-refractivity contribution in [3.8, 4) is 0 Å². The molecule has 2 amide bonds. The van der Waals surface area contributed by atoms with Crippen LogP contribution in [0.1, 0.15) is 46.4 Å². The van der Waals surface area contributed by atoms with Crippen LogP contribution in [0.4, 0.5) is 0 Å². The molecule has 2 aliphatic rings. The van der Waals surface area contributed by atoms with E-state index in [-0.39, 0.29) is 31.0 Å². The number of carbonyl (C=O) groups is 3. The third-order valence-corrected chi connectivity index (χ3v) is 5.05. The molecule has 2 fully saturated rings. The van der Waals surface area contributed by atoms with Crippen LogP contribution in [0.5, 0.6) is 0 Å². The molecule has 0 bridgehead atoms. The second-order valence-corrected chi connectivity index (χ2v) is 7.17. The zero-order valence-corrected chi connectivity index (χ0v) is 14.9. The molecule has 1 unspecified atom stereocenters. The van der Waals surface area contributed by atoms with Crippen LogP contribution >= 0.6 is 0 Å². The average Bonchev–Trinajstić information content (AvgIpc) is 3.45. The van der Waals surface area contributed by atoms with Gasteiger partial charge in [0.2, 0.25) is 0 Å². The number of hydrogen-bond acceptors (Lipinski definition) is 4. The van der Waals surface area contributed by atoms with E-state index < -0.39 is 11.4 Å². The van der Waals surface area contributed by atoms with Gasteiger partial charge in [-0.3, -0.25) is 14.4 Å². The minimum atomic E-state index is -1.06. The summed E-state index contributed by atoms with van der Waals surface area (Å²) in [6.45, 7) is 0.715. The molecule has 7 heteroatoms. The van der Waals surface area contributed by atoms with Gasteiger partial charge in [0, 0.05) is 37.4 Å². The summed E-state index contributed by atoms with van der Waals surface area (Å²) in [6, 6.07) is 6.79. The highest BCUT2D eigenvalue weighted by Crippen LogP contribution is 2.31. The molecule has 1 saturated carbocycles. The Labute approximate surface area is 152 Å². The van der Waals surface area contributed by atoms with Gasteiger partial charge in [-0.2, -0.15) is 0 Å². The van der Waals surface area contributed by atoms with E-state index in [4.69, 9.17) is 4.74 Å². The number of carbonyl (C=O) groups excluding carboxylic acids is 2. The molecule has 3 rings (SSSR count). The number of amides is 2. The molecule has 140 valence electrons. The number of nitrogens with zero attached hydrogens (tertiary/aromatic N) is 1. The topological polar surface area (TPSA) is 95.9 Å². The largest absolute Gasteiger partial charge is 0.481 e. The van der Waals surface area contributed by atoms with Crippen LogP contribution in [0.2, 0.25) is 0 Å². The number of likely N-dealkylation sites (tertiary alicyclic amines) is 1. The van der Waals surface area contributed by atoms with E-state index >= 15 is 0 Å². The van der Waals surface area contributed by atoms with Gasteiger partial charge in [0.25, 0.3) is 11.8 Å². The van der Waals surface area contributed by atoms with E-state index in [1.54, 1.807) is 29.2 Å². The zero-order valence-electron chi connectivity index (χ0n) is 14.9. The average molecular weight is 360 g/mol. The van der Waals surface area contributed by atoms with Gasteiger partial charge in [0.15, 0.2) is 0 Å². The van der Waals surface area contributed by atoms with Crippen molar-refractivity contribution in [2.45, 2.75) is 31.7 Å². The Morgan fingerprint density at radius 1 is 1.23 bits per heavy atom. The second kappa shape index (κ2) is 7.45. The Hall–Kier alpha value is -2.41. The van der Waals surface area contributed by atoms with Crippen LogP contribution in [-0.4, -0.2) is 60.6 Å². The minimum absolute atomic E-state index is 0.0758. The number of hydrogen-bond donors (Lipinski definition) is 2. The number of nitrogens with one attached hydrogen (secondary N) is 1. The number of methoxy groups -OCH3 is 1. The summed E-state index contributed by atoms with van der Waals surface area (Å²) in [5, 5.41) is 12.5. The van der Waals surface area contributed by atoms with E-state index in [0.29, 0.717) is 30.5 Å². The predicted octanol–water partition coefficient (Wildman–Crippen LogP) is 1.53. The molecule has 7 nitrogen and oxygen atoms in total. The fourth-order valence-corrected chi connectivity index (χ4v) is 3.38. The molecule has 1 saturated heterocycles. The molecule has 2 N–H and O–H groups in total. The standard InChI is InChI=1S/C19H24N2O5/c1-26-12-19(18(24)25)9-2-10-21(11-19)17(23)14-5-3-13(4-6-14)16(22)20-15-7-8-15/h3-6,15H,2,7-12H2,1H3,(H,20,22)(H,24,25). The number of rotatable bonds is 6. The number of carboxylic acids is 1. The number of carboxylic acid groups (broad SMARTS) is 1. The summed E-state index contributed by atoms with van der Waals surface area (Å²) in [4.78, 5) is 38.1. The quantitative estimate of drug-likeness (QED) is 0.802. The highest BCUT2D eigenvalue weighted by Gasteiger charge is 2.44. The first-order chi connectivity index (χ1) is 12.4. The molecule has 26 heavy (non-hydrogen) atoms. The maximum absolute atomic E-state index is 12.8. The minimum Gasteiger partial charge on any atom is -0.481 e. The number of ether oxygens (including phenoxy) is 1. The van der Waals surface area contributed by atoms with E-state index in [0.717, 1.165) is 12.8 Å². The summed E-state index contributed by atoms with van der Waals surface area (Å²) < 4.78 is 5.10. The van der Waals surface area contributed by atoms with E-state index in [9.17, 15) is 19.5 Å². The maximum Gasteiger partial charge on any atom is 0.313 e. The van der Waals surface area contributed by atoms with Gasteiger partial charge >= 0.3 is 5.97 Å². The van der Waals surface area contributed by atoms with Crippen molar-refractivity contribution in [1.82, 2.24) is 10.2 Å². The first kappa shape index (κ1) is 18.4. The van der Waals surface area contributed by atoms with Crippen molar-refractivity contribution in [1.29, 1.82) is 0 Å². The van der Waals surface area contributed by atoms with Crippen LogP contribution < -0.4 is 5.32 Å². The SMILES string of the molecule is COCC1(C(=O)O)CCCN(C(=O)c2ccc(C(=O)NC3CC3)cc2)C1. The highest BCUT2D eigenvalue weighted by atomic mass is 16.5. The molecular weight excluding hydrogens is 336 g/mol. The molecule has 1 aromatic rings. The summed E-state index contributed by atoms with van der Waals surface area (Å²) >= 11 is 0. The van der Waals surface area contributed by atoms with Gasteiger partial charge < -0.3 is 20.1 Å². The first-order valence-corrected chi connectivity index (χ1v) is 8.88. The van der Waals surface area contributed by atoms with Crippen LogP contribution in [0.15, 0.2) is 24.3 Å². The van der Waals surface area contributed by atoms with Crippen molar-refractivity contribution < 1.29 is 24.2 Å². The zero-order chi connectivity index (χ0) is 18.7. The van der Waals surface area contributed by atoms with Gasteiger partial charge in [0.1, 0.15) is 5.41 Å². The number of aliphatic carboxylic acids is 1. The number of benzene rings is 1. The second-order valence-electron chi connectivity index (χ2n) is 7.17. The lowest BCUT2D eigenvalue weighted by atomic mass is 9.80. The van der Waals surface area contributed by atoms with E-state index in [2.05, 4.69) is 5.32 Å². The number of piperidine rings is 1. The Kier molecular flexibility index (Phi) is 5.27. The Bertz CT molecular complexity index is 694. The molecular formula is C19H24N2O5. The molecule has 1 atom stereocenters. The fourth-order valence-electron chi connectivity index (χ4n) is 3.38. The van der Waals surface area contributed by atoms with Crippen molar-refractivity contribution in [2.75, 3.05) is 26.8 Å². The molecule has 0 spiro atoms. The van der Waals surface area contributed by atoms with Gasteiger partial charge in [-0.15, -0.1) is 0 Å². The lowest BCUT2D eigenvalue weighted by Gasteiger charge is -2.39. The molecule has 1 heterocycles. The molecule has 1 aliphatic heterocycles. The van der Waals surface area contributed by atoms with Crippen molar-refractivity contribution in [3.05, 3.63) is 35.4 Å². The first-order valence-electron chi connectivity index (χ1n) is 8.88. The van der Waals surface area contributed by atoms with Crippen molar-refractivity contribution >= 4 is 17.8 Å². The van der Waals surface area contributed by atoms with Crippen LogP contribution in [0, 0.1) is 5.41 Å². The third kappa shape index (κ3) is 3.88. The summed E-state index contributed by atoms with van der Waals surface area (Å²) in [7, 11) is 1.47. The highest BCUT2D eigenvalue weighted by molar-refractivity contribution is 5.98. The maximum atomic E-state index is 12.8. The van der Waals surface area contributed by atoms with Gasteiger partial charge in [-0.05, 0) is 49.9 Å². The molecule has 0 radical (unpaired) electrons. The van der Waals surface area contributed by atoms with Gasteiger partial charge in [-0.25, -0.2) is 0 Å². The molecule has 0 aromatic heterocycles. The Morgan fingerprint density at radius 2 is 1.88 bits per heavy atom.